The lowest BCUT2D eigenvalue weighted by atomic mass is 9.78. The van der Waals surface area contributed by atoms with Gasteiger partial charge in [-0.1, -0.05) is 53.1 Å². The van der Waals surface area contributed by atoms with Crippen LogP contribution < -0.4 is 4.74 Å². The van der Waals surface area contributed by atoms with Gasteiger partial charge >= 0.3 is 0 Å². The van der Waals surface area contributed by atoms with Crippen molar-refractivity contribution in [2.75, 3.05) is 20.2 Å². The van der Waals surface area contributed by atoms with Crippen molar-refractivity contribution in [2.24, 2.45) is 0 Å². The Balaban J connectivity index is 1.51. The first kappa shape index (κ1) is 27.6. The number of amides is 1. The number of benzene rings is 1. The molecule has 1 saturated heterocycles. The number of halogens is 1. The maximum atomic E-state index is 12.8. The van der Waals surface area contributed by atoms with E-state index in [-0.39, 0.29) is 23.3 Å². The van der Waals surface area contributed by atoms with Gasteiger partial charge in [-0.2, -0.15) is 0 Å². The number of carbonyl (C=O) groups is 1. The molecule has 37 heavy (non-hydrogen) atoms. The van der Waals surface area contributed by atoms with Crippen LogP contribution in [0.1, 0.15) is 82.9 Å². The Morgan fingerprint density at radius 1 is 1.08 bits per heavy atom. The number of aryl methyl sites for hydroxylation is 1. The molecule has 1 aliphatic rings. The highest BCUT2D eigenvalue weighted by Crippen LogP contribution is 2.43. The number of likely N-dealkylation sites (tertiary alicyclic amines) is 1. The predicted octanol–water partition coefficient (Wildman–Crippen LogP) is 6.98. The lowest BCUT2D eigenvalue weighted by Gasteiger charge is -2.31. The van der Waals surface area contributed by atoms with E-state index in [9.17, 15) is 4.79 Å². The monoisotopic (exact) mass is 542 g/mol. The van der Waals surface area contributed by atoms with Crippen molar-refractivity contribution >= 4 is 28.8 Å². The first-order valence-electron chi connectivity index (χ1n) is 12.9. The van der Waals surface area contributed by atoms with Crippen LogP contribution in [0.5, 0.6) is 5.75 Å². The molecule has 0 N–H and O–H groups in total. The van der Waals surface area contributed by atoms with Crippen LogP contribution in [0.2, 0.25) is 5.15 Å². The third-order valence-electron chi connectivity index (χ3n) is 7.20. The summed E-state index contributed by atoms with van der Waals surface area (Å²) in [5.74, 6) is 2.20. The van der Waals surface area contributed by atoms with E-state index in [1.807, 2.05) is 16.4 Å². The fourth-order valence-electron chi connectivity index (χ4n) is 4.99. The molecule has 200 valence electrons. The zero-order valence-corrected chi connectivity index (χ0v) is 24.9. The van der Waals surface area contributed by atoms with Crippen molar-refractivity contribution < 1.29 is 9.53 Å². The van der Waals surface area contributed by atoms with Gasteiger partial charge in [-0.3, -0.25) is 4.79 Å². The van der Waals surface area contributed by atoms with Crippen molar-refractivity contribution in [3.05, 3.63) is 51.5 Å². The summed E-state index contributed by atoms with van der Waals surface area (Å²) < 4.78 is 7.75. The predicted molar refractivity (Wildman–Crippen MR) is 152 cm³/mol. The number of hydrogen-bond acceptors (Lipinski definition) is 5. The average Bonchev–Trinajstić information content (AvgIpc) is 3.43. The van der Waals surface area contributed by atoms with Crippen LogP contribution in [-0.4, -0.2) is 45.5 Å². The van der Waals surface area contributed by atoms with Crippen LogP contribution in [0.25, 0.3) is 10.6 Å². The van der Waals surface area contributed by atoms with E-state index in [0.29, 0.717) is 11.1 Å². The highest BCUT2D eigenvalue weighted by Gasteiger charge is 2.29. The average molecular weight is 543 g/mol. The van der Waals surface area contributed by atoms with Crippen LogP contribution in [0.15, 0.2) is 23.7 Å². The van der Waals surface area contributed by atoms with Gasteiger partial charge in [0.1, 0.15) is 28.3 Å². The van der Waals surface area contributed by atoms with Gasteiger partial charge in [-0.25, -0.2) is 9.97 Å². The lowest BCUT2D eigenvalue weighted by molar-refractivity contribution is -0.132. The third kappa shape index (κ3) is 6.04. The number of rotatable bonds is 5. The van der Waals surface area contributed by atoms with Gasteiger partial charge in [0.15, 0.2) is 0 Å². The molecule has 1 fully saturated rings. The summed E-state index contributed by atoms with van der Waals surface area (Å²) in [6, 6.07) is 4.50. The molecule has 0 bridgehead atoms. The van der Waals surface area contributed by atoms with Gasteiger partial charge in [0, 0.05) is 47.3 Å². The van der Waals surface area contributed by atoms with Gasteiger partial charge in [-0.05, 0) is 42.7 Å². The molecule has 0 saturated carbocycles. The van der Waals surface area contributed by atoms with E-state index in [1.165, 1.54) is 11.1 Å². The first-order chi connectivity index (χ1) is 17.3. The van der Waals surface area contributed by atoms with Crippen LogP contribution >= 0.6 is 22.9 Å². The summed E-state index contributed by atoms with van der Waals surface area (Å²) in [4.78, 5) is 24.1. The second kappa shape index (κ2) is 10.4. The molecule has 0 atom stereocenters. The largest absolute Gasteiger partial charge is 0.496 e. The fraction of sp³-hybridized carbons (Fsp3) is 0.552. The zero-order chi connectivity index (χ0) is 27.1. The van der Waals surface area contributed by atoms with Gasteiger partial charge in [0.05, 0.1) is 12.8 Å². The van der Waals surface area contributed by atoms with Crippen molar-refractivity contribution in [1.82, 2.24) is 19.4 Å². The van der Waals surface area contributed by atoms with Crippen molar-refractivity contribution in [3.63, 3.8) is 0 Å². The van der Waals surface area contributed by atoms with Gasteiger partial charge < -0.3 is 14.2 Å². The zero-order valence-electron chi connectivity index (χ0n) is 23.3. The second-order valence-corrected chi connectivity index (χ2v) is 13.3. The Bertz CT molecular complexity index is 1240. The van der Waals surface area contributed by atoms with Gasteiger partial charge in [0.25, 0.3) is 0 Å². The number of hydrogen-bond donors (Lipinski definition) is 0. The van der Waals surface area contributed by atoms with E-state index in [0.717, 1.165) is 53.8 Å². The standard InChI is InChI=1S/C29H39ClN4O2S/c1-18-31-24(30)15-34(18)16-25(35)33-11-9-19(10-12-33)23-17-37-27(32-23)20-13-21(28(2,3)4)26(36-8)22(14-20)29(5,6)7/h13-15,17,19H,9-12,16H2,1-8H3. The Hall–Kier alpha value is -2.38. The smallest absolute Gasteiger partial charge is 0.242 e. The third-order valence-corrected chi connectivity index (χ3v) is 8.29. The summed E-state index contributed by atoms with van der Waals surface area (Å²) in [5, 5.41) is 3.66. The number of aromatic nitrogens is 3. The van der Waals surface area contributed by atoms with Crippen LogP contribution in [0.4, 0.5) is 0 Å². The van der Waals surface area contributed by atoms with E-state index in [4.69, 9.17) is 21.3 Å². The number of nitrogens with zero attached hydrogens (tertiary/aromatic N) is 4. The molecule has 1 amide bonds. The lowest BCUT2D eigenvalue weighted by Crippen LogP contribution is -2.39. The molecule has 0 spiro atoms. The Morgan fingerprint density at radius 2 is 1.68 bits per heavy atom. The maximum Gasteiger partial charge on any atom is 0.242 e. The summed E-state index contributed by atoms with van der Waals surface area (Å²) in [6.45, 7) is 17.0. The number of carbonyl (C=O) groups excluding carboxylic acids is 1. The number of piperidine rings is 1. The molecular weight excluding hydrogens is 504 g/mol. The molecular formula is C29H39ClN4O2S. The summed E-state index contributed by atoms with van der Waals surface area (Å²) in [5.41, 5.74) is 4.58. The van der Waals surface area contributed by atoms with Crippen LogP contribution in [0, 0.1) is 6.92 Å². The molecule has 1 aliphatic heterocycles. The summed E-state index contributed by atoms with van der Waals surface area (Å²) >= 11 is 7.68. The number of thiazole rings is 1. The molecule has 6 nitrogen and oxygen atoms in total. The van der Waals surface area contributed by atoms with Crippen molar-refractivity contribution in [1.29, 1.82) is 0 Å². The summed E-state index contributed by atoms with van der Waals surface area (Å²) in [7, 11) is 1.77. The Morgan fingerprint density at radius 3 is 2.16 bits per heavy atom. The molecule has 1 aromatic carbocycles. The fourth-order valence-corrected chi connectivity index (χ4v) is 6.12. The SMILES string of the molecule is COc1c(C(C)(C)C)cc(-c2nc(C3CCN(C(=O)Cn4cc(Cl)nc4C)CC3)cs2)cc1C(C)(C)C. The molecule has 4 rings (SSSR count). The van der Waals surface area contributed by atoms with Crippen LogP contribution in [0.3, 0.4) is 0 Å². The minimum atomic E-state index is -0.0542. The minimum absolute atomic E-state index is 0.0542. The number of methoxy groups -OCH3 is 1. The quantitative estimate of drug-likeness (QED) is 0.349. The highest BCUT2D eigenvalue weighted by atomic mass is 35.5. The molecule has 3 aromatic rings. The van der Waals surface area contributed by atoms with E-state index in [2.05, 4.69) is 64.0 Å². The Labute approximate surface area is 230 Å². The molecule has 3 heterocycles. The topological polar surface area (TPSA) is 60.2 Å². The van der Waals surface area contributed by atoms with Gasteiger partial charge in [-0.15, -0.1) is 11.3 Å². The number of imidazole rings is 1. The molecule has 0 aliphatic carbocycles. The normalized spacial score (nSPS) is 15.3. The van der Waals surface area contributed by atoms with Crippen molar-refractivity contribution in [3.8, 4) is 16.3 Å². The van der Waals surface area contributed by atoms with E-state index < -0.39 is 0 Å². The maximum absolute atomic E-state index is 12.8. The Kier molecular flexibility index (Phi) is 7.78. The minimum Gasteiger partial charge on any atom is -0.496 e. The summed E-state index contributed by atoms with van der Waals surface area (Å²) in [6.07, 6.45) is 3.55. The second-order valence-electron chi connectivity index (χ2n) is 12.1. The van der Waals surface area contributed by atoms with Crippen LogP contribution in [-0.2, 0) is 22.2 Å². The molecule has 8 heteroatoms. The van der Waals surface area contributed by atoms with Crippen molar-refractivity contribution in [2.45, 2.75) is 84.6 Å². The molecule has 0 radical (unpaired) electrons. The van der Waals surface area contributed by atoms with E-state index >= 15 is 0 Å². The van der Waals surface area contributed by atoms with E-state index in [1.54, 1.807) is 24.6 Å². The number of ether oxygens (including phenoxy) is 1. The molecule has 0 unspecified atom stereocenters. The van der Waals surface area contributed by atoms with Gasteiger partial charge in [0.2, 0.25) is 5.91 Å². The first-order valence-corrected chi connectivity index (χ1v) is 14.2. The molecule has 2 aromatic heterocycles. The highest BCUT2D eigenvalue weighted by molar-refractivity contribution is 7.13.